The van der Waals surface area contributed by atoms with Crippen molar-refractivity contribution in [3.05, 3.63) is 57.9 Å². The van der Waals surface area contributed by atoms with Crippen molar-refractivity contribution in [1.29, 1.82) is 0 Å². The number of nitro benzene ring substituents is 1. The molecule has 10 heteroatoms. The summed E-state index contributed by atoms with van der Waals surface area (Å²) in [6.07, 6.45) is 0. The maximum absolute atomic E-state index is 11.3. The maximum Gasteiger partial charge on any atom is 0.311 e. The molecule has 0 saturated heterocycles. The quantitative estimate of drug-likeness (QED) is 0.403. The Hall–Kier alpha value is -3.66. The van der Waals surface area contributed by atoms with Gasteiger partial charge in [0.05, 0.1) is 31.3 Å². The summed E-state index contributed by atoms with van der Waals surface area (Å²) in [4.78, 5) is 15.2. The Bertz CT molecular complexity index is 1040. The van der Waals surface area contributed by atoms with Crippen molar-refractivity contribution in [3.63, 3.8) is 0 Å². The standard InChI is InChI=1S/C20H23N5O5/c1-4-29-16-9-6-12(11-17(16)30-5-2)18(21)20-22-19(23-24-20)13-7-8-15(28-3)14(10-13)25(26)27/h6-11,18H,4-5,21H2,1-3H3,(H,22,23,24)/t18-/m1/s1. The Labute approximate surface area is 173 Å². The van der Waals surface area contributed by atoms with E-state index in [1.54, 1.807) is 18.2 Å². The summed E-state index contributed by atoms with van der Waals surface area (Å²) in [5.41, 5.74) is 7.42. The molecule has 1 heterocycles. The minimum atomic E-state index is -0.602. The van der Waals surface area contributed by atoms with E-state index in [1.807, 2.05) is 19.9 Å². The van der Waals surface area contributed by atoms with Crippen LogP contribution in [-0.4, -0.2) is 40.4 Å². The predicted molar refractivity (Wildman–Crippen MR) is 110 cm³/mol. The van der Waals surface area contributed by atoms with E-state index in [0.717, 1.165) is 5.56 Å². The number of methoxy groups -OCH3 is 1. The fraction of sp³-hybridized carbons (Fsp3) is 0.300. The Morgan fingerprint density at radius 1 is 1.10 bits per heavy atom. The van der Waals surface area contributed by atoms with Gasteiger partial charge in [-0.1, -0.05) is 6.07 Å². The van der Waals surface area contributed by atoms with Crippen LogP contribution in [0.2, 0.25) is 0 Å². The van der Waals surface area contributed by atoms with E-state index in [4.69, 9.17) is 19.9 Å². The normalized spacial score (nSPS) is 11.7. The molecule has 3 N–H and O–H groups in total. The topological polar surface area (TPSA) is 138 Å². The molecule has 30 heavy (non-hydrogen) atoms. The number of aromatic amines is 1. The zero-order chi connectivity index (χ0) is 21.7. The van der Waals surface area contributed by atoms with Crippen molar-refractivity contribution >= 4 is 5.69 Å². The number of benzene rings is 2. The van der Waals surface area contributed by atoms with Gasteiger partial charge in [-0.05, 0) is 43.7 Å². The van der Waals surface area contributed by atoms with Crippen molar-refractivity contribution < 1.29 is 19.1 Å². The fourth-order valence-corrected chi connectivity index (χ4v) is 2.93. The molecule has 0 spiro atoms. The van der Waals surface area contributed by atoms with Gasteiger partial charge in [-0.2, -0.15) is 5.10 Å². The lowest BCUT2D eigenvalue weighted by atomic mass is 10.1. The highest BCUT2D eigenvalue weighted by molar-refractivity contribution is 5.63. The lowest BCUT2D eigenvalue weighted by molar-refractivity contribution is -0.385. The molecule has 1 atom stereocenters. The molecule has 1 aromatic heterocycles. The number of hydrogen-bond acceptors (Lipinski definition) is 8. The number of ether oxygens (including phenoxy) is 3. The van der Waals surface area contributed by atoms with Crippen LogP contribution in [0.15, 0.2) is 36.4 Å². The molecule has 0 bridgehead atoms. The van der Waals surface area contributed by atoms with Crippen molar-refractivity contribution in [1.82, 2.24) is 15.2 Å². The van der Waals surface area contributed by atoms with Crippen LogP contribution in [0.25, 0.3) is 11.4 Å². The summed E-state index contributed by atoms with van der Waals surface area (Å²) in [5, 5.41) is 18.2. The number of nitrogens with two attached hydrogens (primary N) is 1. The van der Waals surface area contributed by atoms with E-state index in [-0.39, 0.29) is 11.4 Å². The van der Waals surface area contributed by atoms with Crippen molar-refractivity contribution in [2.45, 2.75) is 19.9 Å². The molecule has 0 aliphatic heterocycles. The van der Waals surface area contributed by atoms with Gasteiger partial charge in [0, 0.05) is 11.6 Å². The first-order valence-electron chi connectivity index (χ1n) is 9.38. The molecule has 0 amide bonds. The van der Waals surface area contributed by atoms with Gasteiger partial charge in [-0.15, -0.1) is 0 Å². The van der Waals surface area contributed by atoms with Gasteiger partial charge in [0.2, 0.25) is 0 Å². The lowest BCUT2D eigenvalue weighted by Crippen LogP contribution is -2.14. The number of H-pyrrole nitrogens is 1. The summed E-state index contributed by atoms with van der Waals surface area (Å²) in [6, 6.07) is 9.35. The molecule has 0 radical (unpaired) electrons. The largest absolute Gasteiger partial charge is 0.490 e. The highest BCUT2D eigenvalue weighted by atomic mass is 16.6. The number of aromatic nitrogens is 3. The van der Waals surface area contributed by atoms with E-state index in [1.165, 1.54) is 19.2 Å². The van der Waals surface area contributed by atoms with Gasteiger partial charge < -0.3 is 19.9 Å². The summed E-state index contributed by atoms with van der Waals surface area (Å²) >= 11 is 0. The minimum Gasteiger partial charge on any atom is -0.490 e. The molecule has 0 fully saturated rings. The Balaban J connectivity index is 1.90. The van der Waals surface area contributed by atoms with Gasteiger partial charge in [0.1, 0.15) is 5.82 Å². The minimum absolute atomic E-state index is 0.161. The molecular weight excluding hydrogens is 390 g/mol. The van der Waals surface area contributed by atoms with Gasteiger partial charge >= 0.3 is 5.69 Å². The number of rotatable bonds is 9. The monoisotopic (exact) mass is 413 g/mol. The first-order chi connectivity index (χ1) is 14.5. The molecular formula is C20H23N5O5. The Morgan fingerprint density at radius 2 is 1.80 bits per heavy atom. The Kier molecular flexibility index (Phi) is 6.48. The van der Waals surface area contributed by atoms with E-state index in [0.29, 0.717) is 41.9 Å². The van der Waals surface area contributed by atoms with E-state index >= 15 is 0 Å². The van der Waals surface area contributed by atoms with Crippen LogP contribution >= 0.6 is 0 Å². The third kappa shape index (κ3) is 4.33. The average Bonchev–Trinajstić information content (AvgIpc) is 3.24. The number of nitrogens with one attached hydrogen (secondary N) is 1. The lowest BCUT2D eigenvalue weighted by Gasteiger charge is -2.14. The van der Waals surface area contributed by atoms with Crippen molar-refractivity contribution in [2.75, 3.05) is 20.3 Å². The second-order valence-electron chi connectivity index (χ2n) is 6.24. The molecule has 0 saturated carbocycles. The van der Waals surface area contributed by atoms with E-state index < -0.39 is 11.0 Å². The van der Waals surface area contributed by atoms with E-state index in [9.17, 15) is 10.1 Å². The van der Waals surface area contributed by atoms with E-state index in [2.05, 4.69) is 15.2 Å². The Morgan fingerprint density at radius 3 is 2.47 bits per heavy atom. The van der Waals surface area contributed by atoms with Crippen molar-refractivity contribution in [2.24, 2.45) is 5.73 Å². The van der Waals surface area contributed by atoms with Crippen LogP contribution in [0.3, 0.4) is 0 Å². The predicted octanol–water partition coefficient (Wildman–Crippen LogP) is 3.23. The molecule has 0 unspecified atom stereocenters. The van der Waals surface area contributed by atoms with Crippen molar-refractivity contribution in [3.8, 4) is 28.6 Å². The second kappa shape index (κ2) is 9.23. The fourth-order valence-electron chi connectivity index (χ4n) is 2.93. The number of hydrogen-bond donors (Lipinski definition) is 2. The van der Waals surface area contributed by atoms with Crippen LogP contribution in [0, 0.1) is 10.1 Å². The van der Waals surface area contributed by atoms with Crippen LogP contribution in [0.4, 0.5) is 5.69 Å². The summed E-state index contributed by atoms with van der Waals surface area (Å²) < 4.78 is 16.2. The van der Waals surface area contributed by atoms with Crippen LogP contribution < -0.4 is 19.9 Å². The summed E-state index contributed by atoms with van der Waals surface area (Å²) in [5.74, 6) is 2.10. The third-order valence-electron chi connectivity index (χ3n) is 4.36. The highest BCUT2D eigenvalue weighted by Gasteiger charge is 2.20. The zero-order valence-corrected chi connectivity index (χ0v) is 16.9. The zero-order valence-electron chi connectivity index (χ0n) is 16.9. The summed E-state index contributed by atoms with van der Waals surface area (Å²) in [6.45, 7) is 4.79. The maximum atomic E-state index is 11.3. The van der Waals surface area contributed by atoms with Gasteiger partial charge in [0.25, 0.3) is 0 Å². The number of nitrogens with zero attached hydrogens (tertiary/aromatic N) is 3. The molecule has 3 rings (SSSR count). The average molecular weight is 413 g/mol. The van der Waals surface area contributed by atoms with Gasteiger partial charge in [-0.25, -0.2) is 4.98 Å². The van der Waals surface area contributed by atoms with Crippen LogP contribution in [0.1, 0.15) is 31.3 Å². The number of nitro groups is 1. The first kappa shape index (κ1) is 21.1. The molecule has 0 aliphatic carbocycles. The molecule has 2 aromatic carbocycles. The molecule has 0 aliphatic rings. The first-order valence-corrected chi connectivity index (χ1v) is 9.38. The second-order valence-corrected chi connectivity index (χ2v) is 6.24. The summed E-state index contributed by atoms with van der Waals surface area (Å²) in [7, 11) is 1.37. The van der Waals surface area contributed by atoms with Crippen LogP contribution in [0.5, 0.6) is 17.2 Å². The molecule has 10 nitrogen and oxygen atoms in total. The molecule has 3 aromatic rings. The third-order valence-corrected chi connectivity index (χ3v) is 4.36. The molecule has 158 valence electrons. The smallest absolute Gasteiger partial charge is 0.311 e. The van der Waals surface area contributed by atoms with Gasteiger partial charge in [-0.3, -0.25) is 15.2 Å². The SMILES string of the molecule is CCOc1ccc([C@@H](N)c2nc(-c3ccc(OC)c([N+](=O)[O-])c3)n[nH]2)cc1OCC. The van der Waals surface area contributed by atoms with Crippen LogP contribution in [-0.2, 0) is 0 Å². The highest BCUT2D eigenvalue weighted by Crippen LogP contribution is 2.33. The van der Waals surface area contributed by atoms with Gasteiger partial charge in [0.15, 0.2) is 23.1 Å².